The summed E-state index contributed by atoms with van der Waals surface area (Å²) in [5.74, 6) is 0.678. The maximum atomic E-state index is 10.5. The van der Waals surface area contributed by atoms with Gasteiger partial charge in [0.2, 0.25) is 0 Å². The molecule has 31 heavy (non-hydrogen) atoms. The molecule has 2 aromatic carbocycles. The Morgan fingerprint density at radius 1 is 1.13 bits per heavy atom. The number of hydrogen-bond acceptors (Lipinski definition) is 4. The first-order chi connectivity index (χ1) is 15.1. The molecule has 0 radical (unpaired) electrons. The van der Waals surface area contributed by atoms with Crippen LogP contribution in [-0.2, 0) is 6.42 Å². The van der Waals surface area contributed by atoms with E-state index in [1.165, 1.54) is 33.4 Å². The molecule has 0 aliphatic heterocycles. The molecule has 4 heteroatoms. The molecule has 4 nitrogen and oxygen atoms in total. The van der Waals surface area contributed by atoms with Crippen molar-refractivity contribution >= 4 is 5.57 Å². The van der Waals surface area contributed by atoms with E-state index in [1.807, 2.05) is 6.92 Å². The van der Waals surface area contributed by atoms with E-state index in [1.54, 1.807) is 6.26 Å². The number of aryl methyl sites for hydroxylation is 1. The number of nitrogens with zero attached hydrogens (tertiary/aromatic N) is 2. The van der Waals surface area contributed by atoms with Gasteiger partial charge in [-0.15, -0.1) is 0 Å². The number of benzene rings is 2. The highest BCUT2D eigenvalue weighted by Gasteiger charge is 2.31. The van der Waals surface area contributed by atoms with Crippen molar-refractivity contribution in [2.24, 2.45) is 0 Å². The Bertz CT molecular complexity index is 1150. The monoisotopic (exact) mass is 414 g/mol. The summed E-state index contributed by atoms with van der Waals surface area (Å²) >= 11 is 0. The Kier molecular flexibility index (Phi) is 5.28. The van der Waals surface area contributed by atoms with E-state index in [2.05, 4.69) is 60.1 Å². The SMILES string of the molecule is CCN(CC)CCC=C1c2ccc(-c3coc(C)n3)cc2-c2c1ccc1c2CCC1O. The number of aliphatic hydroxyl groups is 1. The van der Waals surface area contributed by atoms with E-state index in [4.69, 9.17) is 4.42 Å². The molecule has 1 N–H and O–H groups in total. The lowest BCUT2D eigenvalue weighted by atomic mass is 9.95. The van der Waals surface area contributed by atoms with Crippen LogP contribution in [0.1, 0.15) is 60.9 Å². The van der Waals surface area contributed by atoms with Crippen molar-refractivity contribution in [1.29, 1.82) is 0 Å². The molecule has 2 aliphatic rings. The minimum atomic E-state index is -0.346. The Morgan fingerprint density at radius 3 is 2.68 bits per heavy atom. The number of aromatic nitrogens is 1. The van der Waals surface area contributed by atoms with E-state index in [9.17, 15) is 5.11 Å². The number of fused-ring (bicyclic) bond motifs is 5. The second-order valence-electron chi connectivity index (χ2n) is 8.56. The minimum Gasteiger partial charge on any atom is -0.449 e. The Balaban J connectivity index is 1.62. The maximum absolute atomic E-state index is 10.5. The molecule has 5 rings (SSSR count). The lowest BCUT2D eigenvalue weighted by molar-refractivity contribution is 0.180. The molecule has 1 unspecified atom stereocenters. The van der Waals surface area contributed by atoms with Crippen LogP contribution in [0.4, 0.5) is 0 Å². The van der Waals surface area contributed by atoms with Gasteiger partial charge in [-0.3, -0.25) is 0 Å². The van der Waals surface area contributed by atoms with Crippen molar-refractivity contribution in [3.05, 3.63) is 70.8 Å². The Labute approximate surface area is 184 Å². The van der Waals surface area contributed by atoms with Gasteiger partial charge < -0.3 is 14.4 Å². The lowest BCUT2D eigenvalue weighted by Gasteiger charge is -2.16. The number of hydrogen-bond donors (Lipinski definition) is 1. The predicted molar refractivity (Wildman–Crippen MR) is 125 cm³/mol. The molecular weight excluding hydrogens is 384 g/mol. The first-order valence-electron chi connectivity index (χ1n) is 11.4. The first-order valence-corrected chi connectivity index (χ1v) is 11.4. The third-order valence-electron chi connectivity index (χ3n) is 6.85. The van der Waals surface area contributed by atoms with E-state index in [0.717, 1.165) is 55.7 Å². The van der Waals surface area contributed by atoms with Gasteiger partial charge in [-0.25, -0.2) is 4.98 Å². The van der Waals surface area contributed by atoms with Crippen molar-refractivity contribution in [3.63, 3.8) is 0 Å². The molecule has 0 spiro atoms. The molecular formula is C27H30N2O2. The van der Waals surface area contributed by atoms with Crippen molar-refractivity contribution in [1.82, 2.24) is 9.88 Å². The summed E-state index contributed by atoms with van der Waals surface area (Å²) in [6, 6.07) is 11.0. The summed E-state index contributed by atoms with van der Waals surface area (Å²) in [6.45, 7) is 9.55. The van der Waals surface area contributed by atoms with Crippen molar-refractivity contribution in [2.45, 2.75) is 46.1 Å². The fourth-order valence-corrected chi connectivity index (χ4v) is 5.15. The summed E-state index contributed by atoms with van der Waals surface area (Å²) in [5.41, 5.74) is 10.8. The number of oxazole rings is 1. The molecule has 2 aliphatic carbocycles. The van der Waals surface area contributed by atoms with Crippen LogP contribution in [0.15, 0.2) is 47.1 Å². The molecule has 0 saturated heterocycles. The minimum absolute atomic E-state index is 0.346. The maximum Gasteiger partial charge on any atom is 0.191 e. The van der Waals surface area contributed by atoms with Gasteiger partial charge in [0.1, 0.15) is 12.0 Å². The molecule has 0 fully saturated rings. The van der Waals surface area contributed by atoms with Crippen LogP contribution in [-0.4, -0.2) is 34.6 Å². The molecule has 1 heterocycles. The highest BCUT2D eigenvalue weighted by molar-refractivity contribution is 6.03. The normalized spacial score (nSPS) is 18.0. The summed E-state index contributed by atoms with van der Waals surface area (Å²) in [5, 5.41) is 10.5. The van der Waals surface area contributed by atoms with Crippen LogP contribution in [0.25, 0.3) is 28.0 Å². The van der Waals surface area contributed by atoms with Gasteiger partial charge in [-0.05, 0) is 77.4 Å². The van der Waals surface area contributed by atoms with Gasteiger partial charge in [0.25, 0.3) is 0 Å². The van der Waals surface area contributed by atoms with Crippen LogP contribution in [0.3, 0.4) is 0 Å². The summed E-state index contributed by atoms with van der Waals surface area (Å²) in [7, 11) is 0. The van der Waals surface area contributed by atoms with Gasteiger partial charge in [0.15, 0.2) is 5.89 Å². The van der Waals surface area contributed by atoms with Crippen LogP contribution in [0.5, 0.6) is 0 Å². The molecule has 3 aromatic rings. The summed E-state index contributed by atoms with van der Waals surface area (Å²) in [4.78, 5) is 6.99. The van der Waals surface area contributed by atoms with Gasteiger partial charge in [-0.2, -0.15) is 0 Å². The van der Waals surface area contributed by atoms with Gasteiger partial charge >= 0.3 is 0 Å². The quantitative estimate of drug-likeness (QED) is 0.435. The summed E-state index contributed by atoms with van der Waals surface area (Å²) in [6.07, 6.45) is 6.55. The predicted octanol–water partition coefficient (Wildman–Crippen LogP) is 5.77. The zero-order valence-corrected chi connectivity index (χ0v) is 18.6. The number of rotatable bonds is 6. The van der Waals surface area contributed by atoms with Gasteiger partial charge in [-0.1, -0.05) is 44.2 Å². The molecule has 0 amide bonds. The van der Waals surface area contributed by atoms with Crippen LogP contribution < -0.4 is 0 Å². The third kappa shape index (κ3) is 3.44. The zero-order valence-electron chi connectivity index (χ0n) is 18.6. The third-order valence-corrected chi connectivity index (χ3v) is 6.85. The fraction of sp³-hybridized carbons (Fsp3) is 0.370. The Hall–Kier alpha value is -2.69. The van der Waals surface area contributed by atoms with E-state index in [-0.39, 0.29) is 6.10 Å². The Morgan fingerprint density at radius 2 is 1.94 bits per heavy atom. The first kappa shape index (κ1) is 20.2. The van der Waals surface area contributed by atoms with E-state index >= 15 is 0 Å². The van der Waals surface area contributed by atoms with Crippen LogP contribution >= 0.6 is 0 Å². The molecule has 1 atom stereocenters. The highest BCUT2D eigenvalue weighted by Crippen LogP contribution is 2.50. The summed E-state index contributed by atoms with van der Waals surface area (Å²) < 4.78 is 5.45. The average Bonchev–Trinajstić information content (AvgIpc) is 3.47. The molecule has 1 aromatic heterocycles. The lowest BCUT2D eigenvalue weighted by Crippen LogP contribution is -2.23. The van der Waals surface area contributed by atoms with Gasteiger partial charge in [0, 0.05) is 19.0 Å². The number of aliphatic hydroxyl groups excluding tert-OH is 1. The highest BCUT2D eigenvalue weighted by atomic mass is 16.3. The second-order valence-corrected chi connectivity index (χ2v) is 8.56. The topological polar surface area (TPSA) is 49.5 Å². The largest absolute Gasteiger partial charge is 0.449 e. The average molecular weight is 415 g/mol. The van der Waals surface area contributed by atoms with Crippen molar-refractivity contribution < 1.29 is 9.52 Å². The molecule has 160 valence electrons. The van der Waals surface area contributed by atoms with E-state index < -0.39 is 0 Å². The molecule has 0 bridgehead atoms. The fourth-order valence-electron chi connectivity index (χ4n) is 5.15. The second kappa shape index (κ2) is 8.10. The zero-order chi connectivity index (χ0) is 21.5. The van der Waals surface area contributed by atoms with Crippen LogP contribution in [0, 0.1) is 6.92 Å². The van der Waals surface area contributed by atoms with Crippen molar-refractivity contribution in [2.75, 3.05) is 19.6 Å². The van der Waals surface area contributed by atoms with Gasteiger partial charge in [0.05, 0.1) is 6.10 Å². The smallest absolute Gasteiger partial charge is 0.191 e. The van der Waals surface area contributed by atoms with Crippen molar-refractivity contribution in [3.8, 4) is 22.4 Å². The van der Waals surface area contributed by atoms with Crippen LogP contribution in [0.2, 0.25) is 0 Å². The van der Waals surface area contributed by atoms with E-state index in [0.29, 0.717) is 5.89 Å². The standard InChI is InChI=1S/C27H30N2O2/c1-4-29(5-2)14-6-7-19-20-9-8-18(25-16-31-17(3)28-25)15-24(20)27-22(19)11-10-21-23(27)12-13-26(21)30/h7-11,15-16,26,30H,4-6,12-14H2,1-3H3. The molecule has 0 saturated carbocycles.